The Balaban J connectivity index is 2.22. The van der Waals surface area contributed by atoms with Crippen molar-refractivity contribution >= 4 is 0 Å². The molecule has 1 N–H and O–H groups in total. The molecule has 12 heavy (non-hydrogen) atoms. The zero-order valence-electron chi connectivity index (χ0n) is 8.74. The highest BCUT2D eigenvalue weighted by atomic mass is 16.5. The van der Waals surface area contributed by atoms with Crippen molar-refractivity contribution in [3.63, 3.8) is 0 Å². The minimum atomic E-state index is 0.239. The fourth-order valence-corrected chi connectivity index (χ4v) is 1.31. The van der Waals surface area contributed by atoms with Gasteiger partial charge in [-0.3, -0.25) is 0 Å². The number of nitrogens with one attached hydrogen (secondary N) is 1. The number of methoxy groups -OCH3 is 1. The van der Waals surface area contributed by atoms with Gasteiger partial charge in [-0.05, 0) is 33.6 Å². The highest BCUT2D eigenvalue weighted by molar-refractivity contribution is 4.96. The average Bonchev–Trinajstić information content (AvgIpc) is 2.65. The van der Waals surface area contributed by atoms with Crippen LogP contribution in [-0.4, -0.2) is 25.8 Å². The molecule has 0 heterocycles. The van der Waals surface area contributed by atoms with Gasteiger partial charge in [-0.15, -0.1) is 0 Å². The number of rotatable bonds is 4. The van der Waals surface area contributed by atoms with E-state index in [-0.39, 0.29) is 5.54 Å². The van der Waals surface area contributed by atoms with Crippen LogP contribution >= 0.6 is 0 Å². The van der Waals surface area contributed by atoms with E-state index in [0.29, 0.717) is 5.41 Å². The molecule has 0 unspecified atom stereocenters. The molecule has 0 spiro atoms. The zero-order valence-corrected chi connectivity index (χ0v) is 8.74. The smallest absolute Gasteiger partial charge is 0.0530 e. The molecule has 0 aromatic heterocycles. The lowest BCUT2D eigenvalue weighted by molar-refractivity contribution is 0.135. The van der Waals surface area contributed by atoms with Gasteiger partial charge in [0, 0.05) is 24.6 Å². The van der Waals surface area contributed by atoms with Crippen molar-refractivity contribution < 1.29 is 4.74 Å². The van der Waals surface area contributed by atoms with Crippen molar-refractivity contribution in [2.75, 3.05) is 20.3 Å². The van der Waals surface area contributed by atoms with E-state index >= 15 is 0 Å². The van der Waals surface area contributed by atoms with Gasteiger partial charge in [0.15, 0.2) is 0 Å². The Labute approximate surface area is 75.7 Å². The van der Waals surface area contributed by atoms with Crippen LogP contribution in [0.3, 0.4) is 0 Å². The first-order valence-corrected chi connectivity index (χ1v) is 4.71. The summed E-state index contributed by atoms with van der Waals surface area (Å²) >= 11 is 0. The molecule has 1 rings (SSSR count). The summed E-state index contributed by atoms with van der Waals surface area (Å²) in [5, 5.41) is 3.53. The fourth-order valence-electron chi connectivity index (χ4n) is 1.31. The third-order valence-corrected chi connectivity index (χ3v) is 2.40. The van der Waals surface area contributed by atoms with Gasteiger partial charge in [-0.2, -0.15) is 0 Å². The SMILES string of the molecule is COCC1(CNC(C)(C)C)CC1. The summed E-state index contributed by atoms with van der Waals surface area (Å²) in [4.78, 5) is 0. The monoisotopic (exact) mass is 171 g/mol. The van der Waals surface area contributed by atoms with Gasteiger partial charge < -0.3 is 10.1 Å². The maximum atomic E-state index is 5.19. The number of ether oxygens (including phenoxy) is 1. The summed E-state index contributed by atoms with van der Waals surface area (Å²) in [5.41, 5.74) is 0.714. The second-order valence-corrected chi connectivity index (χ2v) is 5.04. The maximum absolute atomic E-state index is 5.19. The van der Waals surface area contributed by atoms with Crippen LogP contribution < -0.4 is 5.32 Å². The highest BCUT2D eigenvalue weighted by Gasteiger charge is 2.42. The van der Waals surface area contributed by atoms with Gasteiger partial charge in [-0.25, -0.2) is 0 Å². The number of hydrogen-bond acceptors (Lipinski definition) is 2. The highest BCUT2D eigenvalue weighted by Crippen LogP contribution is 2.45. The Morgan fingerprint density at radius 1 is 1.33 bits per heavy atom. The normalized spacial score (nSPS) is 21.0. The van der Waals surface area contributed by atoms with E-state index in [1.165, 1.54) is 12.8 Å². The molecule has 0 radical (unpaired) electrons. The Morgan fingerprint density at radius 2 is 1.92 bits per heavy atom. The predicted molar refractivity (Wildman–Crippen MR) is 51.3 cm³/mol. The van der Waals surface area contributed by atoms with Crippen molar-refractivity contribution in [2.45, 2.75) is 39.2 Å². The van der Waals surface area contributed by atoms with Crippen LogP contribution in [0.15, 0.2) is 0 Å². The molecule has 1 aliphatic carbocycles. The van der Waals surface area contributed by atoms with Crippen LogP contribution in [0, 0.1) is 5.41 Å². The molecular weight excluding hydrogens is 150 g/mol. The van der Waals surface area contributed by atoms with E-state index in [1.807, 2.05) is 0 Å². The molecule has 2 nitrogen and oxygen atoms in total. The third-order valence-electron chi connectivity index (χ3n) is 2.40. The maximum Gasteiger partial charge on any atom is 0.0530 e. The topological polar surface area (TPSA) is 21.3 Å². The molecule has 0 aliphatic heterocycles. The van der Waals surface area contributed by atoms with Crippen molar-refractivity contribution in [1.29, 1.82) is 0 Å². The molecule has 1 fully saturated rings. The molecular formula is C10H21NO. The van der Waals surface area contributed by atoms with E-state index < -0.39 is 0 Å². The quantitative estimate of drug-likeness (QED) is 0.696. The summed E-state index contributed by atoms with van der Waals surface area (Å²) in [6.07, 6.45) is 2.65. The largest absolute Gasteiger partial charge is 0.384 e. The van der Waals surface area contributed by atoms with Gasteiger partial charge in [0.1, 0.15) is 0 Å². The molecule has 72 valence electrons. The lowest BCUT2D eigenvalue weighted by Gasteiger charge is -2.24. The Kier molecular flexibility index (Phi) is 2.79. The Hall–Kier alpha value is -0.0800. The van der Waals surface area contributed by atoms with Crippen molar-refractivity contribution in [3.8, 4) is 0 Å². The van der Waals surface area contributed by atoms with E-state index in [2.05, 4.69) is 26.1 Å². The first-order valence-electron chi connectivity index (χ1n) is 4.71. The van der Waals surface area contributed by atoms with E-state index in [4.69, 9.17) is 4.74 Å². The van der Waals surface area contributed by atoms with Crippen LogP contribution in [-0.2, 0) is 4.74 Å². The lowest BCUT2D eigenvalue weighted by atomic mass is 10.0. The van der Waals surface area contributed by atoms with Crippen molar-refractivity contribution in [3.05, 3.63) is 0 Å². The summed E-state index contributed by atoms with van der Waals surface area (Å²) in [5.74, 6) is 0. The fraction of sp³-hybridized carbons (Fsp3) is 1.00. The van der Waals surface area contributed by atoms with Crippen LogP contribution in [0.5, 0.6) is 0 Å². The molecule has 0 aromatic rings. The van der Waals surface area contributed by atoms with Crippen LogP contribution in [0.25, 0.3) is 0 Å². The second kappa shape index (κ2) is 3.35. The van der Waals surface area contributed by atoms with E-state index in [1.54, 1.807) is 7.11 Å². The van der Waals surface area contributed by atoms with Gasteiger partial charge in [-0.1, -0.05) is 0 Å². The lowest BCUT2D eigenvalue weighted by Crippen LogP contribution is -2.40. The molecule has 0 aromatic carbocycles. The molecule has 2 heteroatoms. The van der Waals surface area contributed by atoms with Gasteiger partial charge in [0.25, 0.3) is 0 Å². The molecule has 0 saturated heterocycles. The van der Waals surface area contributed by atoms with Crippen molar-refractivity contribution in [2.24, 2.45) is 5.41 Å². The summed E-state index contributed by atoms with van der Waals surface area (Å²) in [6.45, 7) is 8.63. The van der Waals surface area contributed by atoms with Crippen LogP contribution in [0.2, 0.25) is 0 Å². The first-order chi connectivity index (χ1) is 5.47. The van der Waals surface area contributed by atoms with Gasteiger partial charge in [0.05, 0.1) is 6.61 Å². The Bertz CT molecular complexity index is 144. The molecule has 0 bridgehead atoms. The van der Waals surface area contributed by atoms with Gasteiger partial charge in [0.2, 0.25) is 0 Å². The van der Waals surface area contributed by atoms with Crippen LogP contribution in [0.1, 0.15) is 33.6 Å². The molecule has 0 amide bonds. The van der Waals surface area contributed by atoms with E-state index in [0.717, 1.165) is 13.2 Å². The number of hydrogen-bond donors (Lipinski definition) is 1. The predicted octanol–water partition coefficient (Wildman–Crippen LogP) is 1.80. The van der Waals surface area contributed by atoms with Crippen molar-refractivity contribution in [1.82, 2.24) is 5.32 Å². The standard InChI is InChI=1S/C10H21NO/c1-9(2,3)11-7-10(5-6-10)8-12-4/h11H,5-8H2,1-4H3. The summed E-state index contributed by atoms with van der Waals surface area (Å²) < 4.78 is 5.19. The minimum Gasteiger partial charge on any atom is -0.384 e. The first kappa shape index (κ1) is 10.0. The molecule has 0 atom stereocenters. The zero-order chi connectivity index (χ0) is 9.24. The molecule has 1 saturated carbocycles. The third kappa shape index (κ3) is 3.11. The second-order valence-electron chi connectivity index (χ2n) is 5.04. The van der Waals surface area contributed by atoms with Gasteiger partial charge >= 0.3 is 0 Å². The summed E-state index contributed by atoms with van der Waals surface area (Å²) in [7, 11) is 1.79. The van der Waals surface area contributed by atoms with E-state index in [9.17, 15) is 0 Å². The molecule has 1 aliphatic rings. The minimum absolute atomic E-state index is 0.239. The average molecular weight is 171 g/mol. The van der Waals surface area contributed by atoms with Crippen LogP contribution in [0.4, 0.5) is 0 Å². The Morgan fingerprint density at radius 3 is 2.25 bits per heavy atom. The summed E-state index contributed by atoms with van der Waals surface area (Å²) in [6, 6.07) is 0.